The lowest BCUT2D eigenvalue weighted by Gasteiger charge is -2.12. The van der Waals surface area contributed by atoms with Crippen LogP contribution in [0.2, 0.25) is 0 Å². The highest BCUT2D eigenvalue weighted by Crippen LogP contribution is 2.04. The van der Waals surface area contributed by atoms with E-state index in [0.717, 1.165) is 37.4 Å². The Morgan fingerprint density at radius 3 is 2.89 bits per heavy atom. The Morgan fingerprint density at radius 2 is 2.26 bits per heavy atom. The third kappa shape index (κ3) is 4.24. The number of furan rings is 1. The van der Waals surface area contributed by atoms with Crippen LogP contribution in [0.5, 0.6) is 0 Å². The predicted octanol–water partition coefficient (Wildman–Crippen LogP) is 2.70. The van der Waals surface area contributed by atoms with Gasteiger partial charge < -0.3 is 9.73 Å². The second-order valence-corrected chi connectivity index (χ2v) is 5.14. The van der Waals surface area contributed by atoms with Crippen LogP contribution in [0.4, 0.5) is 0 Å². The maximum atomic E-state index is 5.34. The van der Waals surface area contributed by atoms with Crippen molar-refractivity contribution in [2.45, 2.75) is 46.2 Å². The summed E-state index contributed by atoms with van der Waals surface area (Å²) in [4.78, 5) is 0. The largest absolute Gasteiger partial charge is 0.469 e. The van der Waals surface area contributed by atoms with Crippen molar-refractivity contribution < 1.29 is 4.42 Å². The monoisotopic (exact) mass is 261 g/mol. The van der Waals surface area contributed by atoms with Crippen LogP contribution in [0.3, 0.4) is 0 Å². The molecule has 0 amide bonds. The second kappa shape index (κ2) is 6.57. The zero-order chi connectivity index (χ0) is 13.7. The Balaban J connectivity index is 1.65. The fraction of sp³-hybridized carbons (Fsp3) is 0.533. The van der Waals surface area contributed by atoms with Crippen LogP contribution < -0.4 is 5.32 Å². The molecule has 0 bridgehead atoms. The predicted molar refractivity (Wildman–Crippen MR) is 76.2 cm³/mol. The van der Waals surface area contributed by atoms with E-state index in [4.69, 9.17) is 4.42 Å². The molecule has 0 radical (unpaired) electrons. The number of nitrogens with one attached hydrogen (secondary N) is 1. The molecule has 2 aromatic rings. The molecule has 1 N–H and O–H groups in total. The highest BCUT2D eigenvalue weighted by atomic mass is 16.3. The minimum atomic E-state index is 0.437. The Morgan fingerprint density at radius 1 is 1.42 bits per heavy atom. The highest BCUT2D eigenvalue weighted by Gasteiger charge is 2.05. The van der Waals surface area contributed by atoms with Crippen LogP contribution >= 0.6 is 0 Å². The van der Waals surface area contributed by atoms with Gasteiger partial charge in [0.25, 0.3) is 0 Å². The van der Waals surface area contributed by atoms with Crippen molar-refractivity contribution in [3.63, 3.8) is 0 Å². The maximum absolute atomic E-state index is 5.34. The van der Waals surface area contributed by atoms with Crippen LogP contribution in [0.25, 0.3) is 0 Å². The van der Waals surface area contributed by atoms with Gasteiger partial charge in [-0.3, -0.25) is 4.68 Å². The van der Waals surface area contributed by atoms with Gasteiger partial charge in [0.2, 0.25) is 0 Å². The molecule has 2 aromatic heterocycles. The summed E-state index contributed by atoms with van der Waals surface area (Å²) in [6, 6.07) is 6.51. The zero-order valence-corrected chi connectivity index (χ0v) is 12.0. The van der Waals surface area contributed by atoms with Gasteiger partial charge in [0.1, 0.15) is 5.76 Å². The normalized spacial score (nSPS) is 12.8. The number of aromatic nitrogens is 2. The first-order valence-corrected chi connectivity index (χ1v) is 6.92. The molecule has 2 rings (SSSR count). The number of rotatable bonds is 7. The molecule has 0 aromatic carbocycles. The van der Waals surface area contributed by atoms with Gasteiger partial charge in [0.15, 0.2) is 0 Å². The van der Waals surface area contributed by atoms with E-state index in [2.05, 4.69) is 35.0 Å². The molecule has 0 spiro atoms. The van der Waals surface area contributed by atoms with Crippen LogP contribution in [-0.2, 0) is 13.0 Å². The SMILES string of the molecule is Cc1cc(C)n(CCCNC(C)Cc2ccco2)n1. The van der Waals surface area contributed by atoms with E-state index in [1.54, 1.807) is 6.26 Å². The molecule has 1 atom stereocenters. The van der Waals surface area contributed by atoms with Gasteiger partial charge >= 0.3 is 0 Å². The van der Waals surface area contributed by atoms with Crippen molar-refractivity contribution in [3.8, 4) is 0 Å². The van der Waals surface area contributed by atoms with E-state index in [9.17, 15) is 0 Å². The van der Waals surface area contributed by atoms with Gasteiger partial charge in [-0.15, -0.1) is 0 Å². The van der Waals surface area contributed by atoms with Crippen LogP contribution in [0.1, 0.15) is 30.5 Å². The summed E-state index contributed by atoms with van der Waals surface area (Å²) >= 11 is 0. The molecule has 0 fully saturated rings. The average molecular weight is 261 g/mol. The summed E-state index contributed by atoms with van der Waals surface area (Å²) in [5.74, 6) is 1.04. The van der Waals surface area contributed by atoms with E-state index in [0.29, 0.717) is 6.04 Å². The molecule has 4 heteroatoms. The molecule has 0 aliphatic heterocycles. The standard InChI is InChI=1S/C15H23N3O/c1-12(11-15-6-4-9-19-15)16-7-5-8-18-14(3)10-13(2)17-18/h4,6,9-10,12,16H,5,7-8,11H2,1-3H3. The first-order chi connectivity index (χ1) is 9.15. The molecule has 1 unspecified atom stereocenters. The minimum absolute atomic E-state index is 0.437. The van der Waals surface area contributed by atoms with Crippen LogP contribution in [0, 0.1) is 13.8 Å². The first kappa shape index (κ1) is 13.9. The Kier molecular flexibility index (Phi) is 4.80. The molecule has 2 heterocycles. The summed E-state index contributed by atoms with van der Waals surface area (Å²) in [5.41, 5.74) is 2.33. The lowest BCUT2D eigenvalue weighted by atomic mass is 10.2. The number of nitrogens with zero attached hydrogens (tertiary/aromatic N) is 2. The van der Waals surface area contributed by atoms with Crippen molar-refractivity contribution in [2.24, 2.45) is 0 Å². The van der Waals surface area contributed by atoms with Gasteiger partial charge in [-0.05, 0) is 51.9 Å². The Hall–Kier alpha value is -1.55. The van der Waals surface area contributed by atoms with Gasteiger partial charge in [-0.2, -0.15) is 5.10 Å². The van der Waals surface area contributed by atoms with Crippen molar-refractivity contribution in [1.82, 2.24) is 15.1 Å². The quantitative estimate of drug-likeness (QED) is 0.779. The van der Waals surface area contributed by atoms with Crippen molar-refractivity contribution in [1.29, 1.82) is 0 Å². The Labute approximate surface area is 114 Å². The van der Waals surface area contributed by atoms with Crippen molar-refractivity contribution >= 4 is 0 Å². The summed E-state index contributed by atoms with van der Waals surface area (Å²) in [6.45, 7) is 8.30. The molecule has 104 valence electrons. The fourth-order valence-electron chi connectivity index (χ4n) is 2.28. The minimum Gasteiger partial charge on any atom is -0.469 e. The van der Waals surface area contributed by atoms with Crippen LogP contribution in [-0.4, -0.2) is 22.4 Å². The van der Waals surface area contributed by atoms with Crippen LogP contribution in [0.15, 0.2) is 28.9 Å². The summed E-state index contributed by atoms with van der Waals surface area (Å²) < 4.78 is 7.42. The van der Waals surface area contributed by atoms with Gasteiger partial charge in [0.05, 0.1) is 12.0 Å². The Bertz CT molecular complexity index is 487. The average Bonchev–Trinajstić information content (AvgIpc) is 2.95. The molecule has 0 aliphatic carbocycles. The molecule has 0 saturated carbocycles. The zero-order valence-electron chi connectivity index (χ0n) is 12.0. The third-order valence-electron chi connectivity index (χ3n) is 3.23. The number of hydrogen-bond donors (Lipinski definition) is 1. The summed E-state index contributed by atoms with van der Waals surface area (Å²) in [6.07, 6.45) is 3.75. The lowest BCUT2D eigenvalue weighted by molar-refractivity contribution is 0.444. The van der Waals surface area contributed by atoms with E-state index in [1.807, 2.05) is 19.1 Å². The van der Waals surface area contributed by atoms with Crippen molar-refractivity contribution in [2.75, 3.05) is 6.54 Å². The van der Waals surface area contributed by atoms with Gasteiger partial charge in [-0.25, -0.2) is 0 Å². The fourth-order valence-corrected chi connectivity index (χ4v) is 2.28. The number of hydrogen-bond acceptors (Lipinski definition) is 3. The molecular formula is C15H23N3O. The van der Waals surface area contributed by atoms with Gasteiger partial charge in [-0.1, -0.05) is 0 Å². The molecule has 0 aliphatic rings. The molecule has 19 heavy (non-hydrogen) atoms. The van der Waals surface area contributed by atoms with E-state index in [-0.39, 0.29) is 0 Å². The lowest BCUT2D eigenvalue weighted by Crippen LogP contribution is -2.29. The topological polar surface area (TPSA) is 43.0 Å². The second-order valence-electron chi connectivity index (χ2n) is 5.14. The molecule has 4 nitrogen and oxygen atoms in total. The molecular weight excluding hydrogens is 238 g/mol. The van der Waals surface area contributed by atoms with Crippen molar-refractivity contribution in [3.05, 3.63) is 41.6 Å². The number of aryl methyl sites for hydroxylation is 3. The summed E-state index contributed by atoms with van der Waals surface area (Å²) in [7, 11) is 0. The molecule has 0 saturated heterocycles. The first-order valence-electron chi connectivity index (χ1n) is 6.92. The summed E-state index contributed by atoms with van der Waals surface area (Å²) in [5, 5.41) is 7.98. The van der Waals surface area contributed by atoms with Gasteiger partial charge in [0, 0.05) is 24.7 Å². The van der Waals surface area contributed by atoms with E-state index >= 15 is 0 Å². The van der Waals surface area contributed by atoms with E-state index in [1.165, 1.54) is 5.69 Å². The van der Waals surface area contributed by atoms with E-state index < -0.39 is 0 Å². The third-order valence-corrected chi connectivity index (χ3v) is 3.23. The maximum Gasteiger partial charge on any atom is 0.105 e. The smallest absolute Gasteiger partial charge is 0.105 e. The highest BCUT2D eigenvalue weighted by molar-refractivity contribution is 5.06.